The molecule has 1 aromatic carbocycles. The van der Waals surface area contributed by atoms with Crippen LogP contribution in [0.15, 0.2) is 48.1 Å². The number of nitrogens with zero attached hydrogens (tertiary/aromatic N) is 7. The van der Waals surface area contributed by atoms with E-state index in [4.69, 9.17) is 24.3 Å². The number of hydrogen-bond acceptors (Lipinski definition) is 14. The van der Waals surface area contributed by atoms with Crippen LogP contribution in [0.4, 0.5) is 15.4 Å². The number of ether oxygens (including phenoxy) is 3. The molecular formula is C63H100BIN11O8S-. The summed E-state index contributed by atoms with van der Waals surface area (Å²) in [6.07, 6.45) is 22.4. The van der Waals surface area contributed by atoms with Crippen molar-refractivity contribution in [2.75, 3.05) is 46.2 Å². The number of amides is 4. The van der Waals surface area contributed by atoms with E-state index in [1.165, 1.54) is 61.8 Å². The van der Waals surface area contributed by atoms with E-state index in [0.29, 0.717) is 41.1 Å². The van der Waals surface area contributed by atoms with Gasteiger partial charge in [0.05, 0.1) is 12.6 Å². The van der Waals surface area contributed by atoms with Gasteiger partial charge in [-0.25, -0.2) is 9.78 Å². The van der Waals surface area contributed by atoms with Crippen molar-refractivity contribution in [3.8, 4) is 5.75 Å². The molecular weight excluding hydrogens is 1210 g/mol. The van der Waals surface area contributed by atoms with Crippen LogP contribution in [-0.4, -0.2) is 137 Å². The van der Waals surface area contributed by atoms with Gasteiger partial charge in [0.15, 0.2) is 0 Å². The SMILES string of the molecule is CC.CC.CC(C)NC(=O)OC1CCC(c2cc3n(n2)[I-]B=C(c2cnn(CCCCCCCCCCCOc4cccc(C(=O)c5csc(C6CCCN6C(=O)C(NC(=O)CN(C)C(=O)OC(C)(C)C)C6CCCCC6)n5)c4)c2)N3)C1.CNC. The van der Waals surface area contributed by atoms with Gasteiger partial charge in [-0.3, -0.25) is 14.4 Å². The largest absolute Gasteiger partial charge is 0.323 e. The Bertz CT molecular complexity index is 2720. The standard InChI is InChI=1S/C57H81BIN10O8S.C2H7N.2C2H6/c1-38(2)61-55(73)76-44-27-26-40(31-44)45-33-48-63-52(58-59-69(48)65-45)42-34-60-67(35-42)28-17-12-10-8-7-9-11-13-18-30-75-43-24-19-23-41(32-43)51(71)46-37-78-53(62-46)47-25-20-29-68(47)54(72)50(39-21-15-14-16-22-39)64-49(70)36-66(6)56(74)77-57(3,4)5;1-3-2;2*1-2/h19,23-24,32-35,37-40,44,47,50,63H,7-18,20-22,25-31,36H2,1-6H3,(H,61,73)(H,64,70);3H,1-2H3;2*1-2H3/q-1;;;. The van der Waals surface area contributed by atoms with Gasteiger partial charge in [-0.2, -0.15) is 0 Å². The van der Waals surface area contributed by atoms with Gasteiger partial charge in [0, 0.05) is 24.5 Å². The van der Waals surface area contributed by atoms with Crippen molar-refractivity contribution in [3.63, 3.8) is 0 Å². The van der Waals surface area contributed by atoms with E-state index in [1.54, 1.807) is 38.3 Å². The molecule has 4 unspecified atom stereocenters. The minimum atomic E-state index is -0.715. The van der Waals surface area contributed by atoms with Gasteiger partial charge >= 0.3 is 220 Å². The Hall–Kier alpha value is -5.36. The molecule has 1 saturated heterocycles. The molecule has 0 radical (unpaired) electrons. The molecule has 4 amide bonds. The molecule has 8 rings (SSSR count). The van der Waals surface area contributed by atoms with Crippen LogP contribution in [0.1, 0.15) is 229 Å². The van der Waals surface area contributed by atoms with Crippen LogP contribution in [0, 0.1) is 5.92 Å². The number of rotatable bonds is 25. The fourth-order valence-electron chi connectivity index (χ4n) is 10.9. The number of likely N-dealkylation sites (N-methyl/N-ethyl adjacent to an activating group) is 1. The number of hydrogen-bond donors (Lipinski definition) is 4. The van der Waals surface area contributed by atoms with Crippen LogP contribution in [0.5, 0.6) is 5.75 Å². The summed E-state index contributed by atoms with van der Waals surface area (Å²) in [5, 5.41) is 24.3. The monoisotopic (exact) mass is 1310 g/mol. The van der Waals surface area contributed by atoms with E-state index in [0.717, 1.165) is 113 Å². The van der Waals surface area contributed by atoms with Crippen LogP contribution in [0.25, 0.3) is 0 Å². The Morgan fingerprint density at radius 3 is 2.27 bits per heavy atom. The first kappa shape index (κ1) is 70.4. The number of thiazole rings is 1. The van der Waals surface area contributed by atoms with Crippen LogP contribution in [-0.2, 0) is 25.6 Å². The van der Waals surface area contributed by atoms with Gasteiger partial charge in [0.1, 0.15) is 34.6 Å². The number of nitrogens with one attached hydrogen (secondary N) is 4. The Morgan fingerprint density at radius 1 is 0.882 bits per heavy atom. The van der Waals surface area contributed by atoms with Gasteiger partial charge in [-0.15, -0.1) is 11.3 Å². The zero-order valence-corrected chi connectivity index (χ0v) is 56.1. The minimum absolute atomic E-state index is 0.00363. The predicted octanol–water partition coefficient (Wildman–Crippen LogP) is 8.69. The predicted molar refractivity (Wildman–Crippen MR) is 336 cm³/mol. The van der Waals surface area contributed by atoms with Crippen LogP contribution < -0.4 is 47.3 Å². The van der Waals surface area contributed by atoms with Crippen molar-refractivity contribution in [3.05, 3.63) is 75.6 Å². The minimum Gasteiger partial charge on any atom is -0.323 e. The van der Waals surface area contributed by atoms with Crippen molar-refractivity contribution in [1.29, 1.82) is 0 Å². The van der Waals surface area contributed by atoms with Crippen molar-refractivity contribution in [2.45, 2.75) is 227 Å². The maximum absolute atomic E-state index is 14.4. The molecule has 22 heteroatoms. The molecule has 4 atom stereocenters. The first-order chi connectivity index (χ1) is 41.0. The first-order valence-electron chi connectivity index (χ1n) is 31.5. The average molecular weight is 1310 g/mol. The number of aromatic nitrogens is 5. The number of aryl methyl sites for hydroxylation is 1. The first-order valence-corrected chi connectivity index (χ1v) is 34.6. The quantitative estimate of drug-likeness (QED) is 0.0212. The van der Waals surface area contributed by atoms with Gasteiger partial charge < -0.3 is 29.9 Å². The third kappa shape index (κ3) is 22.7. The summed E-state index contributed by atoms with van der Waals surface area (Å²) in [5.41, 5.74) is 3.42. The Labute approximate surface area is 522 Å². The van der Waals surface area contributed by atoms with E-state index >= 15 is 0 Å². The molecule has 4 N–H and O–H groups in total. The van der Waals surface area contributed by atoms with E-state index in [9.17, 15) is 24.0 Å². The van der Waals surface area contributed by atoms with Crippen molar-refractivity contribution >= 4 is 57.3 Å². The summed E-state index contributed by atoms with van der Waals surface area (Å²) in [7, 11) is 5.27. The van der Waals surface area contributed by atoms with Crippen molar-refractivity contribution in [2.24, 2.45) is 5.92 Å². The maximum Gasteiger partial charge on any atom is -0.0167 e. The van der Waals surface area contributed by atoms with Crippen molar-refractivity contribution in [1.82, 2.24) is 48.5 Å². The Balaban J connectivity index is 0.00000181. The summed E-state index contributed by atoms with van der Waals surface area (Å²) in [6, 6.07) is 8.51. The number of alkyl carbamates (subject to hydrolysis) is 1. The molecule has 5 heterocycles. The van der Waals surface area contributed by atoms with E-state index < -0.39 is 44.9 Å². The van der Waals surface area contributed by atoms with Crippen LogP contribution in [0.3, 0.4) is 0 Å². The molecule has 0 spiro atoms. The maximum atomic E-state index is 14.4. The normalized spacial score (nSPS) is 17.7. The second-order valence-electron chi connectivity index (χ2n) is 23.3. The zero-order valence-electron chi connectivity index (χ0n) is 53.1. The summed E-state index contributed by atoms with van der Waals surface area (Å²) < 4.78 is 23.6. The fraction of sp³-hybridized carbons (Fsp3) is 0.667. The Kier molecular flexibility index (Phi) is 30.4. The molecule has 0 bridgehead atoms. The van der Waals surface area contributed by atoms with Crippen molar-refractivity contribution < 1.29 is 59.4 Å². The Morgan fingerprint density at radius 2 is 1.58 bits per heavy atom. The second-order valence-corrected chi connectivity index (χ2v) is 26.3. The van der Waals surface area contributed by atoms with Crippen LogP contribution in [0.2, 0.25) is 0 Å². The molecule has 85 heavy (non-hydrogen) atoms. The van der Waals surface area contributed by atoms with E-state index in [1.807, 2.05) is 78.9 Å². The molecule has 19 nitrogen and oxygen atoms in total. The molecule has 2 aliphatic heterocycles. The molecule has 2 saturated carbocycles. The smallest absolute Gasteiger partial charge is 0.0167 e. The molecule has 3 fully saturated rings. The number of unbranched alkanes of at least 4 members (excludes halogenated alkanes) is 8. The number of ketones is 1. The van der Waals surface area contributed by atoms with Crippen LogP contribution >= 0.6 is 11.3 Å². The van der Waals surface area contributed by atoms with E-state index in [-0.39, 0.29) is 48.4 Å². The number of anilines is 1. The van der Waals surface area contributed by atoms with E-state index in [2.05, 4.69) is 51.0 Å². The second kappa shape index (κ2) is 36.7. The van der Waals surface area contributed by atoms with Gasteiger partial charge in [0.2, 0.25) is 17.6 Å². The fourth-order valence-corrected chi connectivity index (χ4v) is 13.8. The molecule has 3 aromatic heterocycles. The number of carbonyl (C=O) groups excluding carboxylic acids is 5. The third-order valence-corrected chi connectivity index (χ3v) is 18.0. The summed E-state index contributed by atoms with van der Waals surface area (Å²) >= 11 is 0.949. The molecule has 4 aliphatic rings. The van der Waals surface area contributed by atoms with Gasteiger partial charge in [0.25, 0.3) is 0 Å². The molecule has 2 aliphatic carbocycles. The topological polar surface area (TPSA) is 216 Å². The molecule has 472 valence electrons. The summed E-state index contributed by atoms with van der Waals surface area (Å²) in [6.45, 7) is 19.0. The van der Waals surface area contributed by atoms with Gasteiger partial charge in [-0.05, 0) is 85.0 Å². The number of fused-ring (bicyclic) bond motifs is 1. The van der Waals surface area contributed by atoms with Gasteiger partial charge in [-0.1, -0.05) is 65.5 Å². The number of likely N-dealkylation sites (tertiary alicyclic amines) is 1. The third-order valence-electron chi connectivity index (χ3n) is 14.9. The number of carbonyl (C=O) groups is 5. The number of benzene rings is 1. The summed E-state index contributed by atoms with van der Waals surface area (Å²) in [5.74, 6) is 1.24. The number of halogens is 1. The average Bonchev–Trinajstić information content (AvgIpc) is 3.36. The zero-order chi connectivity index (χ0) is 61.9. The summed E-state index contributed by atoms with van der Waals surface area (Å²) in [4.78, 5) is 74.1. The molecule has 4 aromatic rings.